The number of nitriles is 1. The van der Waals surface area contributed by atoms with Gasteiger partial charge in [-0.05, 0) is 23.8 Å². The Hall–Kier alpha value is -2.20. The van der Waals surface area contributed by atoms with Crippen molar-refractivity contribution < 1.29 is 14.3 Å². The number of rotatable bonds is 9. The average molecular weight is 437 g/mol. The van der Waals surface area contributed by atoms with Gasteiger partial charge in [0.15, 0.2) is 6.61 Å². The summed E-state index contributed by atoms with van der Waals surface area (Å²) in [7, 11) is 0. The van der Waals surface area contributed by atoms with Crippen molar-refractivity contribution in [3.05, 3.63) is 69.2 Å². The summed E-state index contributed by atoms with van der Waals surface area (Å²) in [6, 6.07) is 14.5. The number of amides is 1. The Morgan fingerprint density at radius 1 is 1.11 bits per heavy atom. The Balaban J connectivity index is 1.63. The first-order chi connectivity index (χ1) is 13.5. The Labute approximate surface area is 178 Å². The molecule has 0 unspecified atom stereocenters. The molecule has 146 valence electrons. The Kier molecular flexibility index (Phi) is 9.15. The smallest absolute Gasteiger partial charge is 0.310 e. The molecule has 28 heavy (non-hydrogen) atoms. The molecule has 0 aliphatic carbocycles. The zero-order valence-electron chi connectivity index (χ0n) is 14.9. The minimum absolute atomic E-state index is 0.0973. The highest BCUT2D eigenvalue weighted by Gasteiger charge is 2.13. The van der Waals surface area contributed by atoms with Gasteiger partial charge in [-0.1, -0.05) is 47.5 Å². The van der Waals surface area contributed by atoms with E-state index in [1.807, 2.05) is 18.2 Å². The molecule has 0 atom stereocenters. The average Bonchev–Trinajstić information content (AvgIpc) is 2.69. The standard InChI is InChI=1S/C20H18Cl2N2O3S/c21-17-6-3-7-18(22)16(17)10-20(26)27-12-19(25)24-8-9-28-13-15-5-2-1-4-14(15)11-23/h1-7H,8-10,12-13H2,(H,24,25). The molecule has 2 rings (SSSR count). The maximum Gasteiger partial charge on any atom is 0.310 e. The fourth-order valence-corrected chi connectivity index (χ4v) is 3.69. The summed E-state index contributed by atoms with van der Waals surface area (Å²) in [4.78, 5) is 23.6. The zero-order valence-corrected chi connectivity index (χ0v) is 17.2. The maximum absolute atomic E-state index is 11.9. The van der Waals surface area contributed by atoms with Crippen molar-refractivity contribution in [3.63, 3.8) is 0 Å². The molecule has 1 N–H and O–H groups in total. The van der Waals surface area contributed by atoms with E-state index < -0.39 is 5.97 Å². The van der Waals surface area contributed by atoms with Gasteiger partial charge in [0.05, 0.1) is 18.1 Å². The van der Waals surface area contributed by atoms with Gasteiger partial charge < -0.3 is 10.1 Å². The number of halogens is 2. The van der Waals surface area contributed by atoms with E-state index in [0.717, 1.165) is 5.56 Å². The van der Waals surface area contributed by atoms with Gasteiger partial charge >= 0.3 is 5.97 Å². The lowest BCUT2D eigenvalue weighted by Crippen LogP contribution is -2.30. The monoisotopic (exact) mass is 436 g/mol. The van der Waals surface area contributed by atoms with Crippen LogP contribution in [-0.2, 0) is 26.5 Å². The minimum Gasteiger partial charge on any atom is -0.455 e. The highest BCUT2D eigenvalue weighted by Crippen LogP contribution is 2.24. The lowest BCUT2D eigenvalue weighted by atomic mass is 10.1. The molecule has 0 bridgehead atoms. The first-order valence-corrected chi connectivity index (χ1v) is 10.3. The molecule has 0 saturated carbocycles. The van der Waals surface area contributed by atoms with Crippen LogP contribution in [0.15, 0.2) is 42.5 Å². The summed E-state index contributed by atoms with van der Waals surface area (Å²) in [6.45, 7) is 0.0783. The summed E-state index contributed by atoms with van der Waals surface area (Å²) in [5.74, 6) is 0.409. The lowest BCUT2D eigenvalue weighted by molar-refractivity contribution is -0.147. The number of carbonyl (C=O) groups is 2. The van der Waals surface area contributed by atoms with Gasteiger partial charge in [-0.25, -0.2) is 0 Å². The number of nitrogens with zero attached hydrogens (tertiary/aromatic N) is 1. The van der Waals surface area contributed by atoms with Crippen molar-refractivity contribution >= 4 is 46.8 Å². The first kappa shape index (κ1) is 22.1. The van der Waals surface area contributed by atoms with Gasteiger partial charge in [0.2, 0.25) is 0 Å². The Morgan fingerprint density at radius 3 is 2.54 bits per heavy atom. The van der Waals surface area contributed by atoms with Gasteiger partial charge in [0.25, 0.3) is 5.91 Å². The van der Waals surface area contributed by atoms with E-state index in [2.05, 4.69) is 11.4 Å². The summed E-state index contributed by atoms with van der Waals surface area (Å²) in [5.41, 5.74) is 2.10. The predicted molar refractivity (Wildman–Crippen MR) is 111 cm³/mol. The topological polar surface area (TPSA) is 79.2 Å². The van der Waals surface area contributed by atoms with Gasteiger partial charge in [-0.15, -0.1) is 0 Å². The van der Waals surface area contributed by atoms with Crippen LogP contribution < -0.4 is 5.32 Å². The number of benzene rings is 2. The SMILES string of the molecule is N#Cc1ccccc1CSCCNC(=O)COC(=O)Cc1c(Cl)cccc1Cl. The van der Waals surface area contributed by atoms with Crippen LogP contribution >= 0.6 is 35.0 Å². The molecular formula is C20H18Cl2N2O3S. The third-order valence-corrected chi connectivity index (χ3v) is 5.43. The molecule has 0 saturated heterocycles. The van der Waals surface area contributed by atoms with E-state index in [4.69, 9.17) is 33.2 Å². The second kappa shape index (κ2) is 11.6. The molecule has 5 nitrogen and oxygen atoms in total. The molecule has 0 radical (unpaired) electrons. The number of ether oxygens (including phenoxy) is 1. The number of esters is 1. The molecule has 0 aliphatic rings. The number of carbonyl (C=O) groups excluding carboxylic acids is 2. The van der Waals surface area contributed by atoms with Gasteiger partial charge in [-0.2, -0.15) is 17.0 Å². The molecule has 0 fully saturated rings. The minimum atomic E-state index is -0.576. The zero-order chi connectivity index (χ0) is 20.4. The molecule has 1 amide bonds. The van der Waals surface area contributed by atoms with Crippen LogP contribution in [0.2, 0.25) is 10.0 Å². The van der Waals surface area contributed by atoms with Gasteiger partial charge in [0.1, 0.15) is 0 Å². The van der Waals surface area contributed by atoms with E-state index >= 15 is 0 Å². The van der Waals surface area contributed by atoms with Crippen LogP contribution in [0.3, 0.4) is 0 Å². The molecule has 2 aromatic carbocycles. The van der Waals surface area contributed by atoms with E-state index in [1.165, 1.54) is 0 Å². The maximum atomic E-state index is 11.9. The first-order valence-electron chi connectivity index (χ1n) is 8.42. The molecule has 8 heteroatoms. The molecule has 0 aliphatic heterocycles. The van der Waals surface area contributed by atoms with Gasteiger partial charge in [-0.3, -0.25) is 9.59 Å². The second-order valence-corrected chi connectivity index (χ2v) is 7.63. The number of hydrogen-bond donors (Lipinski definition) is 1. The molecule has 0 aromatic heterocycles. The van der Waals surface area contributed by atoms with Crippen molar-refractivity contribution in [1.29, 1.82) is 5.26 Å². The van der Waals surface area contributed by atoms with Crippen LogP contribution in [0.1, 0.15) is 16.7 Å². The number of thioether (sulfide) groups is 1. The predicted octanol–water partition coefficient (Wildman–Crippen LogP) is 4.00. The van der Waals surface area contributed by atoms with Gasteiger partial charge in [0, 0.05) is 33.7 Å². The van der Waals surface area contributed by atoms with Crippen LogP contribution in [0.25, 0.3) is 0 Å². The molecule has 0 spiro atoms. The highest BCUT2D eigenvalue weighted by atomic mass is 35.5. The van der Waals surface area contributed by atoms with E-state index in [9.17, 15) is 9.59 Å². The second-order valence-electron chi connectivity index (χ2n) is 5.71. The fourth-order valence-electron chi connectivity index (χ4n) is 2.29. The largest absolute Gasteiger partial charge is 0.455 e. The Bertz CT molecular complexity index is 864. The van der Waals surface area contributed by atoms with Crippen LogP contribution in [0.5, 0.6) is 0 Å². The van der Waals surface area contributed by atoms with Crippen LogP contribution in [-0.4, -0.2) is 30.8 Å². The van der Waals surface area contributed by atoms with Crippen molar-refractivity contribution in [1.82, 2.24) is 5.32 Å². The van der Waals surface area contributed by atoms with Crippen LogP contribution in [0, 0.1) is 11.3 Å². The number of hydrogen-bond acceptors (Lipinski definition) is 5. The van der Waals surface area contributed by atoms with Crippen molar-refractivity contribution in [2.24, 2.45) is 0 Å². The lowest BCUT2D eigenvalue weighted by Gasteiger charge is -2.08. The van der Waals surface area contributed by atoms with Crippen molar-refractivity contribution in [2.75, 3.05) is 18.9 Å². The summed E-state index contributed by atoms with van der Waals surface area (Å²) < 4.78 is 4.96. The van der Waals surface area contributed by atoms with Crippen LogP contribution in [0.4, 0.5) is 0 Å². The quantitative estimate of drug-likeness (QED) is 0.474. The van der Waals surface area contributed by atoms with Crippen molar-refractivity contribution in [2.45, 2.75) is 12.2 Å². The number of nitrogens with one attached hydrogen (secondary N) is 1. The third-order valence-electron chi connectivity index (χ3n) is 3.71. The van der Waals surface area contributed by atoms with Crippen molar-refractivity contribution in [3.8, 4) is 6.07 Å². The Morgan fingerprint density at radius 2 is 1.82 bits per heavy atom. The highest BCUT2D eigenvalue weighted by molar-refractivity contribution is 7.98. The third kappa shape index (κ3) is 7.08. The van der Waals surface area contributed by atoms with E-state index in [0.29, 0.717) is 39.2 Å². The molecule has 2 aromatic rings. The van der Waals surface area contributed by atoms with E-state index in [-0.39, 0.29) is 18.9 Å². The van der Waals surface area contributed by atoms with E-state index in [1.54, 1.807) is 36.0 Å². The summed E-state index contributed by atoms with van der Waals surface area (Å²) >= 11 is 13.6. The normalized spacial score (nSPS) is 10.2. The molecular weight excluding hydrogens is 419 g/mol. The summed E-state index contributed by atoms with van der Waals surface area (Å²) in [6.07, 6.45) is -0.0973. The summed E-state index contributed by atoms with van der Waals surface area (Å²) in [5, 5.41) is 12.5. The molecule has 0 heterocycles. The fraction of sp³-hybridized carbons (Fsp3) is 0.250.